The fourth-order valence-electron chi connectivity index (χ4n) is 9.77. The van der Waals surface area contributed by atoms with Crippen LogP contribution in [0, 0.1) is 23.7 Å². The molecule has 0 radical (unpaired) electrons. The van der Waals surface area contributed by atoms with Crippen molar-refractivity contribution in [3.63, 3.8) is 0 Å². The zero-order chi connectivity index (χ0) is 38.7. The van der Waals surface area contributed by atoms with E-state index in [-0.39, 0.29) is 36.2 Å². The minimum absolute atomic E-state index is 0.138. The molecule has 9 nitrogen and oxygen atoms in total. The lowest BCUT2D eigenvalue weighted by atomic mass is 9.49. The number of hydrogen-bond acceptors (Lipinski definition) is 7. The Balaban J connectivity index is 1.18. The van der Waals surface area contributed by atoms with Crippen LogP contribution in [0.5, 0.6) is 11.5 Å². The van der Waals surface area contributed by atoms with Gasteiger partial charge in [0.05, 0.1) is 41.2 Å². The summed E-state index contributed by atoms with van der Waals surface area (Å²) < 4.78 is 5.85. The Morgan fingerprint density at radius 3 is 2.16 bits per heavy atom. The Morgan fingerprint density at radius 1 is 0.750 bits per heavy atom. The SMILES string of the molecule is CCOc1cccc(C2C3=CCC4C(=O)N(c5ccc(Nc6ccccc6)cc5)C(=O)C4C3CC3C(=O)N(c4cccc(Cl)c4)C(=O)C32c2ccccc2)c1O. The van der Waals surface area contributed by atoms with Gasteiger partial charge in [0.25, 0.3) is 0 Å². The van der Waals surface area contributed by atoms with Crippen molar-refractivity contribution in [2.45, 2.75) is 31.1 Å². The highest BCUT2D eigenvalue weighted by molar-refractivity contribution is 6.32. The lowest BCUT2D eigenvalue weighted by molar-refractivity contribution is -0.127. The lowest BCUT2D eigenvalue weighted by Crippen LogP contribution is -2.53. The predicted molar refractivity (Wildman–Crippen MR) is 214 cm³/mol. The van der Waals surface area contributed by atoms with Crippen LogP contribution in [0.3, 0.4) is 0 Å². The number of anilines is 4. The van der Waals surface area contributed by atoms with E-state index in [1.54, 1.807) is 54.6 Å². The monoisotopic (exact) mass is 763 g/mol. The van der Waals surface area contributed by atoms with Crippen LogP contribution in [0.2, 0.25) is 5.02 Å². The molecule has 2 heterocycles. The van der Waals surface area contributed by atoms with Crippen molar-refractivity contribution in [1.29, 1.82) is 0 Å². The molecule has 0 aromatic heterocycles. The van der Waals surface area contributed by atoms with E-state index in [1.807, 2.05) is 85.8 Å². The third-order valence-corrected chi connectivity index (χ3v) is 12.2. The summed E-state index contributed by atoms with van der Waals surface area (Å²) >= 11 is 6.43. The molecule has 2 N–H and O–H groups in total. The third kappa shape index (κ3) is 5.36. The van der Waals surface area contributed by atoms with Crippen molar-refractivity contribution < 1.29 is 29.0 Å². The number of ether oxygens (including phenoxy) is 1. The number of phenolic OH excluding ortho intramolecular Hbond substituents is 1. The number of amides is 4. The molecule has 56 heavy (non-hydrogen) atoms. The van der Waals surface area contributed by atoms with Crippen molar-refractivity contribution >= 4 is 58.0 Å². The van der Waals surface area contributed by atoms with E-state index in [1.165, 1.54) is 9.80 Å². The maximum atomic E-state index is 15.5. The van der Waals surface area contributed by atoms with Gasteiger partial charge in [-0.3, -0.25) is 24.1 Å². The number of aromatic hydroxyl groups is 1. The molecule has 5 aromatic carbocycles. The summed E-state index contributed by atoms with van der Waals surface area (Å²) in [6, 6.07) is 38.0. The summed E-state index contributed by atoms with van der Waals surface area (Å²) in [6.07, 6.45) is 2.37. The number of halogens is 1. The van der Waals surface area contributed by atoms with E-state index >= 15 is 9.59 Å². The number of nitrogens with zero attached hydrogens (tertiary/aromatic N) is 2. The Labute approximate surface area is 329 Å². The van der Waals surface area contributed by atoms with Crippen molar-refractivity contribution in [2.75, 3.05) is 21.7 Å². The number of benzene rings is 5. The standard InChI is InChI=1S/C46H38ClN3O6/c1-2-56-38-18-10-17-35(41(38)51)40-33-23-24-34-39(44(54)49(42(34)52)31-21-19-30(20-22-31)48-29-14-7-4-8-15-29)36(33)26-37-43(53)50(32-16-9-13-28(47)25-32)45(55)46(37,40)27-11-5-3-6-12-27/h3-23,25,34,36-37,39-40,48,51H,2,24,26H2,1H3. The van der Waals surface area contributed by atoms with Gasteiger partial charge in [0.2, 0.25) is 23.6 Å². The molecule has 6 atom stereocenters. The Kier molecular flexibility index (Phi) is 8.77. The number of fused-ring (bicyclic) bond motifs is 4. The number of phenols is 1. The average Bonchev–Trinajstić information content (AvgIpc) is 3.60. The van der Waals surface area contributed by atoms with Crippen molar-refractivity contribution in [1.82, 2.24) is 0 Å². The summed E-state index contributed by atoms with van der Waals surface area (Å²) in [5, 5.41) is 15.7. The number of hydrogen-bond donors (Lipinski definition) is 2. The average molecular weight is 764 g/mol. The number of imide groups is 2. The van der Waals surface area contributed by atoms with E-state index in [0.29, 0.717) is 34.1 Å². The normalized spacial score (nSPS) is 25.4. The number of carbonyl (C=O) groups excluding carboxylic acids is 4. The first-order valence-corrected chi connectivity index (χ1v) is 19.3. The van der Waals surface area contributed by atoms with Gasteiger partial charge in [-0.15, -0.1) is 0 Å². The van der Waals surface area contributed by atoms with Crippen LogP contribution in [-0.4, -0.2) is 35.3 Å². The summed E-state index contributed by atoms with van der Waals surface area (Å²) in [5.41, 5.74) is 2.74. The van der Waals surface area contributed by atoms with Gasteiger partial charge in [0.1, 0.15) is 0 Å². The number of allylic oxidation sites excluding steroid dienone is 2. The van der Waals surface area contributed by atoms with Gasteiger partial charge >= 0.3 is 0 Å². The highest BCUT2D eigenvalue weighted by atomic mass is 35.5. The third-order valence-electron chi connectivity index (χ3n) is 12.0. The highest BCUT2D eigenvalue weighted by Gasteiger charge is 2.70. The molecular formula is C46H38ClN3O6. The second kappa shape index (κ2) is 13.8. The fourth-order valence-corrected chi connectivity index (χ4v) is 9.95. The molecule has 10 heteroatoms. The summed E-state index contributed by atoms with van der Waals surface area (Å²) in [4.78, 5) is 62.0. The van der Waals surface area contributed by atoms with Gasteiger partial charge in [0.15, 0.2) is 11.5 Å². The van der Waals surface area contributed by atoms with Crippen LogP contribution in [0.1, 0.15) is 36.8 Å². The lowest BCUT2D eigenvalue weighted by Gasteiger charge is -2.50. The molecule has 9 rings (SSSR count). The van der Waals surface area contributed by atoms with Crippen LogP contribution in [0.15, 0.2) is 139 Å². The van der Waals surface area contributed by atoms with Gasteiger partial charge in [-0.05, 0) is 91.9 Å². The highest BCUT2D eigenvalue weighted by Crippen LogP contribution is 2.65. The smallest absolute Gasteiger partial charge is 0.246 e. The largest absolute Gasteiger partial charge is 0.504 e. The number of para-hydroxylation sites is 2. The summed E-state index contributed by atoms with van der Waals surface area (Å²) in [7, 11) is 0. The summed E-state index contributed by atoms with van der Waals surface area (Å²) in [6.45, 7) is 2.11. The maximum absolute atomic E-state index is 15.5. The zero-order valence-electron chi connectivity index (χ0n) is 30.5. The van der Waals surface area contributed by atoms with Gasteiger partial charge in [-0.25, -0.2) is 4.90 Å². The molecule has 1 saturated carbocycles. The molecule has 4 amide bonds. The minimum Gasteiger partial charge on any atom is -0.504 e. The van der Waals surface area contributed by atoms with Gasteiger partial charge in [0, 0.05) is 27.9 Å². The van der Waals surface area contributed by atoms with Crippen LogP contribution in [-0.2, 0) is 24.6 Å². The van der Waals surface area contributed by atoms with E-state index < -0.39 is 46.8 Å². The van der Waals surface area contributed by atoms with E-state index in [0.717, 1.165) is 16.9 Å². The first-order chi connectivity index (χ1) is 27.2. The Morgan fingerprint density at radius 2 is 1.45 bits per heavy atom. The first kappa shape index (κ1) is 35.5. The van der Waals surface area contributed by atoms with E-state index in [2.05, 4.69) is 5.32 Å². The van der Waals surface area contributed by atoms with Crippen molar-refractivity contribution in [3.05, 3.63) is 155 Å². The molecule has 0 spiro atoms. The van der Waals surface area contributed by atoms with Gasteiger partial charge in [-0.2, -0.15) is 0 Å². The quantitative estimate of drug-likeness (QED) is 0.120. The van der Waals surface area contributed by atoms with Crippen LogP contribution < -0.4 is 19.9 Å². The number of nitrogens with one attached hydrogen (secondary N) is 1. The molecule has 280 valence electrons. The topological polar surface area (TPSA) is 116 Å². The fraction of sp³-hybridized carbons (Fsp3) is 0.217. The second-order valence-corrected chi connectivity index (χ2v) is 15.2. The van der Waals surface area contributed by atoms with Crippen molar-refractivity contribution in [3.8, 4) is 11.5 Å². The molecule has 5 aromatic rings. The number of carbonyl (C=O) groups is 4. The molecule has 3 fully saturated rings. The van der Waals surface area contributed by atoms with Crippen LogP contribution in [0.25, 0.3) is 0 Å². The molecule has 0 bridgehead atoms. The van der Waals surface area contributed by atoms with E-state index in [9.17, 15) is 14.7 Å². The zero-order valence-corrected chi connectivity index (χ0v) is 31.2. The van der Waals surface area contributed by atoms with Gasteiger partial charge in [-0.1, -0.05) is 90.0 Å². The maximum Gasteiger partial charge on any atom is 0.246 e. The predicted octanol–water partition coefficient (Wildman–Crippen LogP) is 8.55. The molecule has 4 aliphatic rings. The summed E-state index contributed by atoms with van der Waals surface area (Å²) in [5.74, 6) is -5.32. The van der Waals surface area contributed by atoms with Gasteiger partial charge < -0.3 is 15.2 Å². The molecule has 2 aliphatic heterocycles. The Hall–Kier alpha value is -6.19. The van der Waals surface area contributed by atoms with Crippen molar-refractivity contribution in [2.24, 2.45) is 23.7 Å². The van der Waals surface area contributed by atoms with Crippen LogP contribution in [0.4, 0.5) is 22.7 Å². The van der Waals surface area contributed by atoms with Crippen LogP contribution >= 0.6 is 11.6 Å². The molecule has 2 aliphatic carbocycles. The molecular weight excluding hydrogens is 726 g/mol. The first-order valence-electron chi connectivity index (χ1n) is 18.9. The Bertz CT molecular complexity index is 2420. The van der Waals surface area contributed by atoms with E-state index in [4.69, 9.17) is 16.3 Å². The number of rotatable bonds is 8. The second-order valence-electron chi connectivity index (χ2n) is 14.8. The molecule has 6 unspecified atom stereocenters. The molecule has 2 saturated heterocycles. The minimum atomic E-state index is -1.52.